The largest absolute Gasteiger partial charge is 0.381 e. The Morgan fingerprint density at radius 1 is 0.722 bits per heavy atom. The van der Waals surface area contributed by atoms with Gasteiger partial charge in [0.25, 0.3) is 0 Å². The van der Waals surface area contributed by atoms with Crippen LogP contribution in [-0.2, 0) is 18.6 Å². The van der Waals surface area contributed by atoms with E-state index in [9.17, 15) is 9.69 Å². The van der Waals surface area contributed by atoms with Crippen LogP contribution in [0, 0.1) is 5.92 Å². The molecule has 0 saturated carbocycles. The Morgan fingerprint density at radius 3 is 1.72 bits per heavy atom. The molecule has 0 aliphatic rings. The molecule has 0 aromatic carbocycles. The zero-order chi connectivity index (χ0) is 26.7. The summed E-state index contributed by atoms with van der Waals surface area (Å²) in [6.07, 6.45) is 22.7. The Morgan fingerprint density at radius 2 is 1.22 bits per heavy atom. The Labute approximate surface area is 225 Å². The molecule has 36 heavy (non-hydrogen) atoms. The second-order valence-electron chi connectivity index (χ2n) is 10.8. The number of ketones is 1. The third-order valence-corrected chi connectivity index (χ3v) is 7.29. The maximum atomic E-state index is 11.6. The summed E-state index contributed by atoms with van der Waals surface area (Å²) in [4.78, 5) is 22.9. The second-order valence-corrected chi connectivity index (χ2v) is 11.8. The molecule has 2 atom stereocenters. The summed E-state index contributed by atoms with van der Waals surface area (Å²) >= 11 is 0. The minimum atomic E-state index is -1.88. The fourth-order valence-electron chi connectivity index (χ4n) is 4.33. The zero-order valence-corrected chi connectivity index (χ0v) is 25.3. The molecule has 0 radical (unpaired) electrons. The number of hydrogen-bond donors (Lipinski definition) is 2. The number of carbonyl (C=O) groups is 1. The first-order valence-corrected chi connectivity index (χ1v) is 16.2. The van der Waals surface area contributed by atoms with Crippen LogP contribution in [-0.4, -0.2) is 57.7 Å². The normalized spacial score (nSPS) is 13.4. The fraction of sp³-hybridized carbons (Fsp3) is 0.966. The van der Waals surface area contributed by atoms with Gasteiger partial charge in [0.15, 0.2) is 0 Å². The predicted octanol–water partition coefficient (Wildman–Crippen LogP) is 6.65. The number of Topliss-reactive ketones (excluding diaryl/α,β-unsaturated/α-hetero) is 1. The average Bonchev–Trinajstić information content (AvgIpc) is 2.83. The lowest BCUT2D eigenvalue weighted by atomic mass is 10.0. The van der Waals surface area contributed by atoms with Crippen LogP contribution in [0.1, 0.15) is 129 Å². The standard InChI is InChI=1S/C29H60NO5P/c1-5-6-7-8-9-10-11-12-13-14-15-16-17-18-20-23-33-26-29(25-28(2)31)27-35-36(32)34-24-21-19-22-30(3)4/h29,32H,5-27H2,1-4H3/p+1. The van der Waals surface area contributed by atoms with Gasteiger partial charge in [-0.2, -0.15) is 0 Å². The number of nitrogens with one attached hydrogen (secondary N) is 1. The topological polar surface area (TPSA) is 69.4 Å². The van der Waals surface area contributed by atoms with Gasteiger partial charge in [0.05, 0.1) is 40.5 Å². The molecular formula is C29H61NO5P+. The highest BCUT2D eigenvalue weighted by molar-refractivity contribution is 7.40. The van der Waals surface area contributed by atoms with Gasteiger partial charge in [-0.25, -0.2) is 0 Å². The third-order valence-electron chi connectivity index (χ3n) is 6.52. The molecule has 0 fully saturated rings. The molecule has 0 bridgehead atoms. The smallest absolute Gasteiger partial charge is 0.329 e. The van der Waals surface area contributed by atoms with Gasteiger partial charge >= 0.3 is 8.60 Å². The Balaban J connectivity index is 3.59. The number of unbranched alkanes of at least 4 members (excludes halogenated alkanes) is 15. The molecular weight excluding hydrogens is 473 g/mol. The van der Waals surface area contributed by atoms with Crippen molar-refractivity contribution in [1.82, 2.24) is 0 Å². The van der Waals surface area contributed by atoms with Crippen molar-refractivity contribution in [2.45, 2.75) is 129 Å². The highest BCUT2D eigenvalue weighted by Crippen LogP contribution is 2.33. The summed E-state index contributed by atoms with van der Waals surface area (Å²) < 4.78 is 16.7. The maximum absolute atomic E-state index is 11.6. The van der Waals surface area contributed by atoms with Gasteiger partial charge in [0.2, 0.25) is 0 Å². The van der Waals surface area contributed by atoms with Crippen molar-refractivity contribution in [3.05, 3.63) is 0 Å². The summed E-state index contributed by atoms with van der Waals surface area (Å²) in [5.74, 6) is 0.0884. The van der Waals surface area contributed by atoms with Crippen molar-refractivity contribution in [3.63, 3.8) is 0 Å². The summed E-state index contributed by atoms with van der Waals surface area (Å²) in [6.45, 7) is 6.97. The van der Waals surface area contributed by atoms with Gasteiger partial charge in [0, 0.05) is 18.9 Å². The summed E-state index contributed by atoms with van der Waals surface area (Å²) in [6, 6.07) is 0. The number of ether oxygens (including phenoxy) is 1. The second kappa shape index (κ2) is 27.9. The molecule has 0 spiro atoms. The first-order valence-electron chi connectivity index (χ1n) is 15.1. The number of rotatable bonds is 29. The van der Waals surface area contributed by atoms with E-state index < -0.39 is 8.60 Å². The van der Waals surface area contributed by atoms with Crippen molar-refractivity contribution < 1.29 is 28.4 Å². The van der Waals surface area contributed by atoms with Gasteiger partial charge in [-0.3, -0.25) is 0 Å². The van der Waals surface area contributed by atoms with Gasteiger partial charge in [-0.1, -0.05) is 96.8 Å². The van der Waals surface area contributed by atoms with E-state index in [0.29, 0.717) is 26.2 Å². The zero-order valence-electron chi connectivity index (χ0n) is 24.4. The van der Waals surface area contributed by atoms with Crippen molar-refractivity contribution >= 4 is 14.4 Å². The number of carbonyl (C=O) groups excluding carboxylic acids is 1. The quantitative estimate of drug-likeness (QED) is 0.0831. The van der Waals surface area contributed by atoms with Crippen LogP contribution in [0.2, 0.25) is 0 Å². The Hall–Kier alpha value is -0.100. The van der Waals surface area contributed by atoms with E-state index in [2.05, 4.69) is 21.0 Å². The molecule has 216 valence electrons. The molecule has 7 heteroatoms. The molecule has 0 amide bonds. The molecule has 0 saturated heterocycles. The minimum Gasteiger partial charge on any atom is -0.381 e. The SMILES string of the molecule is CCCCCCCCCCCCCCCCCOCC(COP(O)OCCCC[NH+](C)C)CC(C)=O. The lowest BCUT2D eigenvalue weighted by Gasteiger charge is -2.18. The molecule has 6 nitrogen and oxygen atoms in total. The summed E-state index contributed by atoms with van der Waals surface area (Å²) in [5.41, 5.74) is 0. The van der Waals surface area contributed by atoms with Gasteiger partial charge in [0.1, 0.15) is 5.78 Å². The highest BCUT2D eigenvalue weighted by Gasteiger charge is 2.16. The lowest BCUT2D eigenvalue weighted by Crippen LogP contribution is -3.05. The van der Waals surface area contributed by atoms with Gasteiger partial charge < -0.3 is 28.4 Å². The van der Waals surface area contributed by atoms with E-state index in [-0.39, 0.29) is 11.7 Å². The first-order chi connectivity index (χ1) is 17.5. The van der Waals surface area contributed by atoms with E-state index in [1.807, 2.05) is 0 Å². The highest BCUT2D eigenvalue weighted by atomic mass is 31.2. The monoisotopic (exact) mass is 534 g/mol. The average molecular weight is 535 g/mol. The van der Waals surface area contributed by atoms with Gasteiger partial charge in [-0.05, 0) is 26.2 Å². The van der Waals surface area contributed by atoms with Crippen LogP contribution >= 0.6 is 8.60 Å². The van der Waals surface area contributed by atoms with Crippen LogP contribution in [0.4, 0.5) is 0 Å². The van der Waals surface area contributed by atoms with E-state index in [1.165, 1.54) is 94.8 Å². The molecule has 2 N–H and O–H groups in total. The molecule has 2 unspecified atom stereocenters. The van der Waals surface area contributed by atoms with Crippen LogP contribution in [0.3, 0.4) is 0 Å². The summed E-state index contributed by atoms with van der Waals surface area (Å²) in [5, 5.41) is 0. The van der Waals surface area contributed by atoms with E-state index in [4.69, 9.17) is 13.8 Å². The number of hydrogen-bond acceptors (Lipinski definition) is 5. The molecule has 0 rings (SSSR count). The molecule has 0 aromatic rings. The molecule has 0 heterocycles. The third kappa shape index (κ3) is 28.5. The van der Waals surface area contributed by atoms with E-state index >= 15 is 0 Å². The lowest BCUT2D eigenvalue weighted by molar-refractivity contribution is -0.858. The maximum Gasteiger partial charge on any atom is 0.329 e. The van der Waals surface area contributed by atoms with E-state index in [0.717, 1.165) is 32.4 Å². The van der Waals surface area contributed by atoms with Crippen molar-refractivity contribution in [3.8, 4) is 0 Å². The van der Waals surface area contributed by atoms with Crippen molar-refractivity contribution in [1.29, 1.82) is 0 Å². The minimum absolute atomic E-state index is 0.0306. The molecule has 0 aliphatic carbocycles. The fourth-order valence-corrected chi connectivity index (χ4v) is 5.03. The molecule has 0 aromatic heterocycles. The Kier molecular flexibility index (Phi) is 27.8. The van der Waals surface area contributed by atoms with Crippen molar-refractivity contribution in [2.75, 3.05) is 47.1 Å². The number of quaternary nitrogens is 1. The van der Waals surface area contributed by atoms with Gasteiger partial charge in [-0.15, -0.1) is 0 Å². The Bertz CT molecular complexity index is 467. The first kappa shape index (κ1) is 35.9. The van der Waals surface area contributed by atoms with Crippen LogP contribution in [0.25, 0.3) is 0 Å². The van der Waals surface area contributed by atoms with Crippen molar-refractivity contribution in [2.24, 2.45) is 5.92 Å². The summed E-state index contributed by atoms with van der Waals surface area (Å²) in [7, 11) is 2.37. The van der Waals surface area contributed by atoms with Crippen LogP contribution in [0.15, 0.2) is 0 Å². The predicted molar refractivity (Wildman–Crippen MR) is 152 cm³/mol. The molecule has 0 aliphatic heterocycles. The van der Waals surface area contributed by atoms with E-state index in [1.54, 1.807) is 6.92 Å². The van der Waals surface area contributed by atoms with Crippen LogP contribution < -0.4 is 4.90 Å². The van der Waals surface area contributed by atoms with Crippen LogP contribution in [0.5, 0.6) is 0 Å².